The maximum Gasteiger partial charge on any atom is 0.296 e. The number of fused-ring (bicyclic) bond motifs is 1. The lowest BCUT2D eigenvalue weighted by molar-refractivity contribution is 0.122. The molecule has 2 aliphatic rings. The Morgan fingerprint density at radius 2 is 1.77 bits per heavy atom. The summed E-state index contributed by atoms with van der Waals surface area (Å²) in [6, 6.07) is 8.90. The van der Waals surface area contributed by atoms with E-state index in [4.69, 9.17) is 14.7 Å². The minimum Gasteiger partial charge on any atom is -0.378 e. The number of nitrogens with zero attached hydrogens (tertiary/aromatic N) is 5. The molecular weight excluding hydrogens is 538 g/mol. The van der Waals surface area contributed by atoms with Gasteiger partial charge in [0.25, 0.3) is 6.43 Å². The molecule has 1 aliphatic carbocycles. The predicted molar refractivity (Wildman–Crippen MR) is 151 cm³/mol. The van der Waals surface area contributed by atoms with Crippen LogP contribution in [-0.2, 0) is 21.2 Å². The van der Waals surface area contributed by atoms with Crippen LogP contribution >= 0.6 is 0 Å². The van der Waals surface area contributed by atoms with Gasteiger partial charge in [-0.1, -0.05) is 25.5 Å². The fourth-order valence-electron chi connectivity index (χ4n) is 5.78. The molecule has 12 heteroatoms. The summed E-state index contributed by atoms with van der Waals surface area (Å²) >= 11 is 0. The first kappa shape index (κ1) is 28.8. The Kier molecular flexibility index (Phi) is 9.27. The Morgan fingerprint density at radius 3 is 2.50 bits per heavy atom. The van der Waals surface area contributed by atoms with E-state index in [1.165, 1.54) is 4.57 Å². The zero-order valence-electron chi connectivity index (χ0n) is 22.9. The van der Waals surface area contributed by atoms with Gasteiger partial charge in [-0.2, -0.15) is 0 Å². The van der Waals surface area contributed by atoms with Gasteiger partial charge in [0.05, 0.1) is 30.0 Å². The van der Waals surface area contributed by atoms with Crippen LogP contribution < -0.4 is 9.62 Å². The maximum absolute atomic E-state index is 14.1. The lowest BCUT2D eigenvalue weighted by Crippen LogP contribution is -2.38. The molecule has 40 heavy (non-hydrogen) atoms. The van der Waals surface area contributed by atoms with Crippen LogP contribution in [-0.4, -0.2) is 66.0 Å². The second-order valence-corrected chi connectivity index (χ2v) is 12.6. The first-order valence-electron chi connectivity index (χ1n) is 14.3. The van der Waals surface area contributed by atoms with Crippen molar-refractivity contribution in [2.75, 3.05) is 37.0 Å². The largest absolute Gasteiger partial charge is 0.378 e. The predicted octanol–water partition coefficient (Wildman–Crippen LogP) is 4.80. The Labute approximate surface area is 234 Å². The number of alkyl halides is 2. The van der Waals surface area contributed by atoms with Gasteiger partial charge in [0.1, 0.15) is 17.5 Å². The van der Waals surface area contributed by atoms with E-state index < -0.39 is 16.4 Å². The zero-order chi connectivity index (χ0) is 28.1. The summed E-state index contributed by atoms with van der Waals surface area (Å²) in [6.45, 7) is 4.39. The third-order valence-corrected chi connectivity index (χ3v) is 9.41. The van der Waals surface area contributed by atoms with Crippen molar-refractivity contribution in [2.24, 2.45) is 5.92 Å². The molecule has 1 saturated carbocycles. The van der Waals surface area contributed by atoms with E-state index in [0.717, 1.165) is 38.5 Å². The molecule has 0 radical (unpaired) electrons. The smallest absolute Gasteiger partial charge is 0.296 e. The first-order valence-corrected chi connectivity index (χ1v) is 15.9. The van der Waals surface area contributed by atoms with Crippen LogP contribution in [0.4, 0.5) is 14.6 Å². The molecule has 0 unspecified atom stereocenters. The number of hydrogen-bond acceptors (Lipinski definition) is 7. The summed E-state index contributed by atoms with van der Waals surface area (Å²) in [4.78, 5) is 15.9. The Balaban J connectivity index is 1.31. The van der Waals surface area contributed by atoms with Gasteiger partial charge in [0.15, 0.2) is 5.82 Å². The van der Waals surface area contributed by atoms with E-state index in [2.05, 4.69) is 14.6 Å². The van der Waals surface area contributed by atoms with Gasteiger partial charge in [-0.3, -0.25) is 4.57 Å². The molecule has 3 aromatic rings. The van der Waals surface area contributed by atoms with Crippen molar-refractivity contribution in [1.82, 2.24) is 24.2 Å². The third-order valence-electron chi connectivity index (χ3n) is 7.77. The zero-order valence-corrected chi connectivity index (χ0v) is 23.8. The van der Waals surface area contributed by atoms with Gasteiger partial charge in [0, 0.05) is 31.6 Å². The fraction of sp³-hybridized carbons (Fsp3) is 0.607. The molecule has 1 N–H and O–H groups in total. The van der Waals surface area contributed by atoms with Gasteiger partial charge in [-0.15, -0.1) is 0 Å². The highest BCUT2D eigenvalue weighted by Gasteiger charge is 2.25. The molecule has 0 spiro atoms. The molecule has 0 bridgehead atoms. The highest BCUT2D eigenvalue weighted by Crippen LogP contribution is 2.31. The van der Waals surface area contributed by atoms with E-state index in [1.54, 1.807) is 24.3 Å². The van der Waals surface area contributed by atoms with Crippen LogP contribution in [0.3, 0.4) is 0 Å². The van der Waals surface area contributed by atoms with E-state index in [0.29, 0.717) is 73.6 Å². The number of hydrogen-bond donors (Lipinski definition) is 1. The van der Waals surface area contributed by atoms with Crippen molar-refractivity contribution in [3.05, 3.63) is 42.0 Å². The van der Waals surface area contributed by atoms with Crippen LogP contribution in [0.1, 0.15) is 69.9 Å². The van der Waals surface area contributed by atoms with E-state index in [9.17, 15) is 17.2 Å². The monoisotopic (exact) mass is 576 g/mol. The second-order valence-electron chi connectivity index (χ2n) is 10.7. The Hall–Kier alpha value is -2.70. The number of aromatic nitrogens is 4. The standard InChI is InChI=1S/C28H38F2N6O3S/c1-2-18-40(37,38)34-21-12-10-20(11-13-21)6-5-9-24-32-25(35-14-16-39-17-15-35)19-26(33-24)36-23-8-4-3-7-22(23)31-28(36)27(29)30/h3-4,7-8,19-21,27,34H,2,5-6,9-18H2,1H3. The maximum atomic E-state index is 14.1. The van der Waals surface area contributed by atoms with Crippen molar-refractivity contribution in [3.8, 4) is 5.82 Å². The summed E-state index contributed by atoms with van der Waals surface area (Å²) in [6.07, 6.45) is 4.03. The normalized spacial score (nSPS) is 20.4. The summed E-state index contributed by atoms with van der Waals surface area (Å²) in [5.74, 6) is 2.10. The Morgan fingerprint density at radius 1 is 1.05 bits per heavy atom. The molecule has 0 atom stereocenters. The van der Waals surface area contributed by atoms with Crippen LogP contribution in [0.25, 0.3) is 16.9 Å². The molecule has 1 aliphatic heterocycles. The summed E-state index contributed by atoms with van der Waals surface area (Å²) < 4.78 is 62.2. The van der Waals surface area contributed by atoms with Crippen molar-refractivity contribution in [2.45, 2.75) is 70.8 Å². The minimum atomic E-state index is -3.19. The molecular formula is C28H38F2N6O3S. The lowest BCUT2D eigenvalue weighted by atomic mass is 9.83. The molecule has 0 amide bonds. The lowest BCUT2D eigenvalue weighted by Gasteiger charge is -2.29. The SMILES string of the molecule is CCCS(=O)(=O)NC1CCC(CCCc2nc(N3CCOCC3)cc(-n3c(C(F)F)nc4ccccc43)n2)CC1. The van der Waals surface area contributed by atoms with Gasteiger partial charge < -0.3 is 9.64 Å². The number of aryl methyl sites for hydroxylation is 1. The second kappa shape index (κ2) is 12.9. The van der Waals surface area contributed by atoms with Crippen molar-refractivity contribution >= 4 is 26.9 Å². The molecule has 9 nitrogen and oxygen atoms in total. The first-order chi connectivity index (χ1) is 19.3. The number of nitrogens with one attached hydrogen (secondary N) is 1. The number of benzene rings is 1. The van der Waals surface area contributed by atoms with Crippen molar-refractivity contribution in [1.29, 1.82) is 0 Å². The third kappa shape index (κ3) is 6.95. The number of sulfonamides is 1. The Bertz CT molecular complexity index is 1390. The number of imidazole rings is 1. The number of ether oxygens (including phenoxy) is 1. The summed E-state index contributed by atoms with van der Waals surface area (Å²) in [7, 11) is -3.19. The topological polar surface area (TPSA) is 102 Å². The molecule has 2 aromatic heterocycles. The quantitative estimate of drug-likeness (QED) is 0.350. The molecule has 1 saturated heterocycles. The molecule has 5 rings (SSSR count). The van der Waals surface area contributed by atoms with Crippen LogP contribution in [0.2, 0.25) is 0 Å². The number of para-hydroxylation sites is 2. The average Bonchev–Trinajstić information content (AvgIpc) is 3.34. The summed E-state index contributed by atoms with van der Waals surface area (Å²) in [5.41, 5.74) is 1.08. The van der Waals surface area contributed by atoms with Crippen LogP contribution in [0.15, 0.2) is 30.3 Å². The van der Waals surface area contributed by atoms with Gasteiger partial charge >= 0.3 is 0 Å². The average molecular weight is 577 g/mol. The number of anilines is 1. The fourth-order valence-corrected chi connectivity index (χ4v) is 7.18. The molecule has 2 fully saturated rings. The molecule has 3 heterocycles. The van der Waals surface area contributed by atoms with Crippen molar-refractivity contribution in [3.63, 3.8) is 0 Å². The number of halogens is 2. The minimum absolute atomic E-state index is 0.0259. The molecule has 1 aromatic carbocycles. The van der Waals surface area contributed by atoms with E-state index >= 15 is 0 Å². The van der Waals surface area contributed by atoms with Gasteiger partial charge in [-0.05, 0) is 56.6 Å². The van der Waals surface area contributed by atoms with E-state index in [-0.39, 0.29) is 17.6 Å². The summed E-state index contributed by atoms with van der Waals surface area (Å²) in [5, 5.41) is 0. The van der Waals surface area contributed by atoms with Gasteiger partial charge in [0.2, 0.25) is 10.0 Å². The van der Waals surface area contributed by atoms with Crippen molar-refractivity contribution < 1.29 is 21.9 Å². The molecule has 218 valence electrons. The number of morpholine rings is 1. The number of rotatable bonds is 11. The highest BCUT2D eigenvalue weighted by molar-refractivity contribution is 7.89. The van der Waals surface area contributed by atoms with Gasteiger partial charge in [-0.25, -0.2) is 36.9 Å². The highest BCUT2D eigenvalue weighted by atomic mass is 32.2. The van der Waals surface area contributed by atoms with Crippen LogP contribution in [0, 0.1) is 5.92 Å². The van der Waals surface area contributed by atoms with Crippen LogP contribution in [0.5, 0.6) is 0 Å². The van der Waals surface area contributed by atoms with E-state index in [1.807, 2.05) is 13.0 Å².